The highest BCUT2D eigenvalue weighted by atomic mass is 35.5. The third kappa shape index (κ3) is 4.85. The quantitative estimate of drug-likeness (QED) is 0.736. The molecule has 162 valence electrons. The highest BCUT2D eigenvalue weighted by Crippen LogP contribution is 2.39. The van der Waals surface area contributed by atoms with E-state index in [1.54, 1.807) is 6.07 Å². The standard InChI is InChI=1S/C21H26Cl2N4O3/c1-29-19-10-16(30-25-19)11-24-20(28)27-7-2-5-21(14-27)6-8-26(13-21)12-15-3-4-17(22)18(23)9-15/h3-4,9-10H,2,5-8,11-14H2,1H3,(H,24,28). The van der Waals surface area contributed by atoms with E-state index in [1.807, 2.05) is 23.1 Å². The SMILES string of the molecule is COc1cc(CNC(=O)N2CCCC3(CCN(Cc4ccc(Cl)c(Cl)c4)C3)C2)on1. The number of methoxy groups -OCH3 is 1. The Bertz CT molecular complexity index is 906. The van der Waals surface area contributed by atoms with Crippen molar-refractivity contribution in [2.45, 2.75) is 32.4 Å². The highest BCUT2D eigenvalue weighted by Gasteiger charge is 2.42. The first-order valence-electron chi connectivity index (χ1n) is 10.1. The molecule has 9 heteroatoms. The number of nitrogens with zero attached hydrogens (tertiary/aromatic N) is 3. The van der Waals surface area contributed by atoms with Crippen LogP contribution in [0.2, 0.25) is 10.0 Å². The average Bonchev–Trinajstić information content (AvgIpc) is 3.36. The van der Waals surface area contributed by atoms with Gasteiger partial charge in [-0.2, -0.15) is 0 Å². The van der Waals surface area contributed by atoms with Gasteiger partial charge < -0.3 is 19.5 Å². The van der Waals surface area contributed by atoms with Gasteiger partial charge in [0.05, 0.1) is 23.7 Å². The van der Waals surface area contributed by atoms with Gasteiger partial charge in [-0.15, -0.1) is 0 Å². The lowest BCUT2D eigenvalue weighted by atomic mass is 9.79. The third-order valence-electron chi connectivity index (χ3n) is 6.02. The van der Waals surface area contributed by atoms with E-state index in [2.05, 4.69) is 15.4 Å². The van der Waals surface area contributed by atoms with Crippen LogP contribution < -0.4 is 10.1 Å². The molecule has 30 heavy (non-hydrogen) atoms. The molecule has 2 amide bonds. The fourth-order valence-corrected chi connectivity index (χ4v) is 4.84. The van der Waals surface area contributed by atoms with Crippen LogP contribution in [0.15, 0.2) is 28.8 Å². The topological polar surface area (TPSA) is 70.8 Å². The van der Waals surface area contributed by atoms with Crippen molar-refractivity contribution in [3.8, 4) is 5.88 Å². The molecule has 0 aliphatic carbocycles. The molecule has 2 fully saturated rings. The maximum absolute atomic E-state index is 12.7. The highest BCUT2D eigenvalue weighted by molar-refractivity contribution is 6.42. The zero-order valence-corrected chi connectivity index (χ0v) is 18.5. The Hall–Kier alpha value is -1.96. The van der Waals surface area contributed by atoms with Crippen molar-refractivity contribution in [2.75, 3.05) is 33.3 Å². The molecule has 2 saturated heterocycles. The number of benzene rings is 1. The minimum Gasteiger partial charge on any atom is -0.479 e. The van der Waals surface area contributed by atoms with Crippen molar-refractivity contribution >= 4 is 29.2 Å². The maximum Gasteiger partial charge on any atom is 0.317 e. The molecular weight excluding hydrogens is 427 g/mol. The van der Waals surface area contributed by atoms with Crippen molar-refractivity contribution in [2.24, 2.45) is 5.41 Å². The van der Waals surface area contributed by atoms with E-state index in [4.69, 9.17) is 32.5 Å². The Morgan fingerprint density at radius 3 is 2.87 bits per heavy atom. The summed E-state index contributed by atoms with van der Waals surface area (Å²) in [5.74, 6) is 0.977. The molecule has 1 unspecified atom stereocenters. The molecule has 0 radical (unpaired) electrons. The van der Waals surface area contributed by atoms with E-state index >= 15 is 0 Å². The lowest BCUT2D eigenvalue weighted by molar-refractivity contribution is 0.107. The zero-order chi connectivity index (χ0) is 21.1. The summed E-state index contributed by atoms with van der Waals surface area (Å²) >= 11 is 12.2. The summed E-state index contributed by atoms with van der Waals surface area (Å²) in [7, 11) is 1.53. The monoisotopic (exact) mass is 452 g/mol. The van der Waals surface area contributed by atoms with E-state index in [1.165, 1.54) is 7.11 Å². The number of nitrogens with one attached hydrogen (secondary N) is 1. The van der Waals surface area contributed by atoms with Gasteiger partial charge in [-0.1, -0.05) is 29.3 Å². The van der Waals surface area contributed by atoms with Gasteiger partial charge in [0.15, 0.2) is 5.76 Å². The normalized spacial score (nSPS) is 21.9. The second-order valence-electron chi connectivity index (χ2n) is 8.23. The van der Waals surface area contributed by atoms with Gasteiger partial charge in [-0.25, -0.2) is 4.79 Å². The number of carbonyl (C=O) groups is 1. The van der Waals surface area contributed by atoms with Crippen LogP contribution in [-0.4, -0.2) is 54.3 Å². The van der Waals surface area contributed by atoms with Crippen molar-refractivity contribution < 1.29 is 14.1 Å². The molecule has 0 saturated carbocycles. The summed E-state index contributed by atoms with van der Waals surface area (Å²) in [6, 6.07) is 7.43. The molecule has 1 aromatic carbocycles. The van der Waals surface area contributed by atoms with Crippen LogP contribution in [0.4, 0.5) is 4.79 Å². The number of piperidine rings is 1. The summed E-state index contributed by atoms with van der Waals surface area (Å²) in [4.78, 5) is 17.1. The molecule has 2 aliphatic rings. The molecule has 1 spiro atoms. The predicted octanol–water partition coefficient (Wildman–Crippen LogP) is 4.19. The Morgan fingerprint density at radius 1 is 1.23 bits per heavy atom. The largest absolute Gasteiger partial charge is 0.479 e. The van der Waals surface area contributed by atoms with Gasteiger partial charge in [0.25, 0.3) is 5.88 Å². The van der Waals surface area contributed by atoms with Gasteiger partial charge >= 0.3 is 6.03 Å². The van der Waals surface area contributed by atoms with Crippen LogP contribution in [0, 0.1) is 5.41 Å². The zero-order valence-electron chi connectivity index (χ0n) is 17.0. The number of ether oxygens (including phenoxy) is 1. The maximum atomic E-state index is 12.7. The molecule has 7 nitrogen and oxygen atoms in total. The van der Waals surface area contributed by atoms with E-state index in [9.17, 15) is 4.79 Å². The molecule has 3 heterocycles. The summed E-state index contributed by atoms with van der Waals surface area (Å²) in [6.45, 7) is 4.70. The summed E-state index contributed by atoms with van der Waals surface area (Å²) in [5.41, 5.74) is 1.32. The Balaban J connectivity index is 1.31. The Kier molecular flexibility index (Phi) is 6.41. The number of amides is 2. The molecule has 1 N–H and O–H groups in total. The molecule has 2 aromatic rings. The number of likely N-dealkylation sites (tertiary alicyclic amines) is 2. The number of rotatable bonds is 5. The lowest BCUT2D eigenvalue weighted by Crippen LogP contribution is -2.50. The van der Waals surface area contributed by atoms with Gasteiger partial charge in [0.1, 0.15) is 0 Å². The van der Waals surface area contributed by atoms with Gasteiger partial charge in [0.2, 0.25) is 0 Å². The minimum atomic E-state index is -0.0626. The molecule has 2 aliphatic heterocycles. The van der Waals surface area contributed by atoms with Gasteiger partial charge in [-0.3, -0.25) is 4.90 Å². The van der Waals surface area contributed by atoms with Gasteiger partial charge in [0, 0.05) is 37.7 Å². The smallest absolute Gasteiger partial charge is 0.317 e. The van der Waals surface area contributed by atoms with E-state index < -0.39 is 0 Å². The molecule has 0 bridgehead atoms. The fourth-order valence-electron chi connectivity index (χ4n) is 4.52. The number of hydrogen-bond acceptors (Lipinski definition) is 5. The first-order chi connectivity index (χ1) is 14.5. The molecular formula is C21H26Cl2N4O3. The lowest BCUT2D eigenvalue weighted by Gasteiger charge is -2.40. The Morgan fingerprint density at radius 2 is 2.10 bits per heavy atom. The number of halogens is 2. The van der Waals surface area contributed by atoms with Crippen LogP contribution in [0.25, 0.3) is 0 Å². The predicted molar refractivity (Wildman–Crippen MR) is 115 cm³/mol. The van der Waals surface area contributed by atoms with Crippen LogP contribution >= 0.6 is 23.2 Å². The van der Waals surface area contributed by atoms with Crippen LogP contribution in [0.3, 0.4) is 0 Å². The van der Waals surface area contributed by atoms with Crippen molar-refractivity contribution in [3.63, 3.8) is 0 Å². The summed E-state index contributed by atoms with van der Waals surface area (Å²) < 4.78 is 10.1. The summed E-state index contributed by atoms with van der Waals surface area (Å²) in [6.07, 6.45) is 3.26. The third-order valence-corrected chi connectivity index (χ3v) is 6.76. The first-order valence-corrected chi connectivity index (χ1v) is 10.9. The van der Waals surface area contributed by atoms with Crippen LogP contribution in [-0.2, 0) is 13.1 Å². The Labute approximate surface area is 186 Å². The average molecular weight is 453 g/mol. The number of carbonyl (C=O) groups excluding carboxylic acids is 1. The van der Waals surface area contributed by atoms with E-state index in [0.717, 1.165) is 57.5 Å². The minimum absolute atomic E-state index is 0.0626. The van der Waals surface area contributed by atoms with E-state index in [-0.39, 0.29) is 11.4 Å². The van der Waals surface area contributed by atoms with Gasteiger partial charge in [-0.05, 0) is 48.7 Å². The number of aromatic nitrogens is 1. The fraction of sp³-hybridized carbons (Fsp3) is 0.524. The van der Waals surface area contributed by atoms with Crippen molar-refractivity contribution in [1.29, 1.82) is 0 Å². The summed E-state index contributed by atoms with van der Waals surface area (Å²) in [5, 5.41) is 7.85. The molecule has 1 aromatic heterocycles. The molecule has 4 rings (SSSR count). The molecule has 1 atom stereocenters. The number of hydrogen-bond donors (Lipinski definition) is 1. The van der Waals surface area contributed by atoms with Crippen molar-refractivity contribution in [3.05, 3.63) is 45.6 Å². The second-order valence-corrected chi connectivity index (χ2v) is 9.04. The van der Waals surface area contributed by atoms with Crippen LogP contribution in [0.1, 0.15) is 30.6 Å². The van der Waals surface area contributed by atoms with E-state index in [0.29, 0.717) is 28.2 Å². The van der Waals surface area contributed by atoms with Crippen LogP contribution in [0.5, 0.6) is 5.88 Å². The van der Waals surface area contributed by atoms with Crippen molar-refractivity contribution in [1.82, 2.24) is 20.3 Å². The number of urea groups is 1. The second kappa shape index (κ2) is 9.04. The first kappa shape index (κ1) is 21.3.